The van der Waals surface area contributed by atoms with Crippen LogP contribution < -0.4 is 5.32 Å². The molecule has 1 aliphatic carbocycles. The van der Waals surface area contributed by atoms with Crippen molar-refractivity contribution in [3.05, 3.63) is 0 Å². The lowest BCUT2D eigenvalue weighted by molar-refractivity contribution is 0.0701. The number of fused-ring (bicyclic) bond motifs is 1. The lowest BCUT2D eigenvalue weighted by Gasteiger charge is -2.23. The van der Waals surface area contributed by atoms with Crippen molar-refractivity contribution in [2.24, 2.45) is 4.99 Å². The van der Waals surface area contributed by atoms with Crippen molar-refractivity contribution in [2.75, 3.05) is 5.75 Å². The third-order valence-electron chi connectivity index (χ3n) is 4.05. The number of rotatable bonds is 2. The predicted octanol–water partition coefficient (Wildman–Crippen LogP) is 2.56. The normalized spacial score (nSPS) is 40.9. The SMILES string of the molecule is CC1CCC(CSC2=NC3CCCCC3N2)O1. The maximum Gasteiger partial charge on any atom is 0.157 e. The molecule has 1 N–H and O–H groups in total. The Morgan fingerprint density at radius 3 is 2.94 bits per heavy atom. The van der Waals surface area contributed by atoms with Crippen LogP contribution in [-0.2, 0) is 4.74 Å². The molecule has 1 saturated carbocycles. The second-order valence-electron chi connectivity index (χ2n) is 5.49. The Morgan fingerprint density at radius 1 is 1.29 bits per heavy atom. The van der Waals surface area contributed by atoms with Gasteiger partial charge >= 0.3 is 0 Å². The van der Waals surface area contributed by atoms with E-state index in [1.165, 1.54) is 43.7 Å². The van der Waals surface area contributed by atoms with E-state index in [1.54, 1.807) is 0 Å². The molecule has 3 aliphatic rings. The lowest BCUT2D eigenvalue weighted by atomic mass is 9.92. The fourth-order valence-corrected chi connectivity index (χ4v) is 4.07. The Morgan fingerprint density at radius 2 is 2.18 bits per heavy atom. The summed E-state index contributed by atoms with van der Waals surface area (Å²) in [5, 5.41) is 4.76. The molecule has 4 heteroatoms. The van der Waals surface area contributed by atoms with Crippen LogP contribution in [0.15, 0.2) is 4.99 Å². The number of nitrogens with zero attached hydrogens (tertiary/aromatic N) is 1. The van der Waals surface area contributed by atoms with E-state index in [0.717, 1.165) is 5.75 Å². The van der Waals surface area contributed by atoms with Crippen molar-refractivity contribution < 1.29 is 4.74 Å². The average Bonchev–Trinajstić information content (AvgIpc) is 2.91. The van der Waals surface area contributed by atoms with Crippen LogP contribution in [-0.4, -0.2) is 35.2 Å². The molecule has 2 heterocycles. The molecule has 1 saturated heterocycles. The lowest BCUT2D eigenvalue weighted by Crippen LogP contribution is -2.36. The summed E-state index contributed by atoms with van der Waals surface area (Å²) in [4.78, 5) is 4.80. The molecule has 3 rings (SSSR count). The van der Waals surface area contributed by atoms with Gasteiger partial charge in [-0.05, 0) is 32.6 Å². The van der Waals surface area contributed by atoms with E-state index < -0.39 is 0 Å². The minimum absolute atomic E-state index is 0.446. The fraction of sp³-hybridized carbons (Fsp3) is 0.923. The zero-order chi connectivity index (χ0) is 11.7. The van der Waals surface area contributed by atoms with Crippen molar-refractivity contribution in [1.82, 2.24) is 5.32 Å². The maximum atomic E-state index is 5.84. The van der Waals surface area contributed by atoms with Gasteiger partial charge in [0, 0.05) is 5.75 Å². The van der Waals surface area contributed by atoms with Crippen LogP contribution >= 0.6 is 11.8 Å². The van der Waals surface area contributed by atoms with Crippen LogP contribution in [0, 0.1) is 0 Å². The van der Waals surface area contributed by atoms with Gasteiger partial charge in [0.05, 0.1) is 24.3 Å². The quantitative estimate of drug-likeness (QED) is 0.822. The molecule has 0 spiro atoms. The molecule has 0 aromatic carbocycles. The second kappa shape index (κ2) is 5.19. The molecule has 0 aromatic heterocycles. The Bertz CT molecular complexity index is 308. The Balaban J connectivity index is 1.46. The number of thioether (sulfide) groups is 1. The maximum absolute atomic E-state index is 5.84. The van der Waals surface area contributed by atoms with Crippen LogP contribution in [0.2, 0.25) is 0 Å². The molecule has 0 bridgehead atoms. The number of amidine groups is 1. The van der Waals surface area contributed by atoms with Gasteiger partial charge in [0.25, 0.3) is 0 Å². The highest BCUT2D eigenvalue weighted by Gasteiger charge is 2.31. The van der Waals surface area contributed by atoms with Crippen LogP contribution in [0.1, 0.15) is 45.4 Å². The van der Waals surface area contributed by atoms with Crippen molar-refractivity contribution in [1.29, 1.82) is 0 Å². The van der Waals surface area contributed by atoms with Crippen molar-refractivity contribution in [2.45, 2.75) is 69.7 Å². The molecule has 2 aliphatic heterocycles. The van der Waals surface area contributed by atoms with Gasteiger partial charge in [-0.3, -0.25) is 4.99 Å². The minimum Gasteiger partial charge on any atom is -0.374 e. The van der Waals surface area contributed by atoms with Crippen molar-refractivity contribution >= 4 is 16.9 Å². The van der Waals surface area contributed by atoms with Gasteiger partial charge in [-0.15, -0.1) is 0 Å². The molecule has 4 unspecified atom stereocenters. The summed E-state index contributed by atoms with van der Waals surface area (Å²) in [5.41, 5.74) is 0. The van der Waals surface area contributed by atoms with E-state index in [1.807, 2.05) is 11.8 Å². The Hall–Kier alpha value is -0.220. The molecule has 0 amide bonds. The molecule has 2 fully saturated rings. The summed E-state index contributed by atoms with van der Waals surface area (Å²) in [6, 6.07) is 1.20. The summed E-state index contributed by atoms with van der Waals surface area (Å²) in [6.07, 6.45) is 8.64. The molecule has 17 heavy (non-hydrogen) atoms. The first kappa shape index (κ1) is 11.8. The van der Waals surface area contributed by atoms with E-state index >= 15 is 0 Å². The molecule has 0 aromatic rings. The van der Waals surface area contributed by atoms with Gasteiger partial charge in [-0.2, -0.15) is 0 Å². The van der Waals surface area contributed by atoms with Gasteiger partial charge in [-0.25, -0.2) is 0 Å². The van der Waals surface area contributed by atoms with Gasteiger partial charge in [0.2, 0.25) is 0 Å². The number of ether oxygens (including phenoxy) is 1. The van der Waals surface area contributed by atoms with Gasteiger partial charge in [0.1, 0.15) is 0 Å². The molecule has 96 valence electrons. The first-order valence-electron chi connectivity index (χ1n) is 6.94. The highest BCUT2D eigenvalue weighted by Crippen LogP contribution is 2.28. The standard InChI is InChI=1S/C13H22N2OS/c1-9-6-7-10(16-9)8-17-13-14-11-4-2-3-5-12(11)15-13/h9-12H,2-8H2,1H3,(H,14,15). The minimum atomic E-state index is 0.446. The van der Waals surface area contributed by atoms with Crippen LogP contribution in [0.4, 0.5) is 0 Å². The fourth-order valence-electron chi connectivity index (χ4n) is 3.04. The zero-order valence-electron chi connectivity index (χ0n) is 10.5. The molecule has 0 radical (unpaired) electrons. The van der Waals surface area contributed by atoms with E-state index in [-0.39, 0.29) is 0 Å². The number of aliphatic imine (C=N–C) groups is 1. The van der Waals surface area contributed by atoms with Crippen LogP contribution in [0.3, 0.4) is 0 Å². The van der Waals surface area contributed by atoms with Crippen LogP contribution in [0.25, 0.3) is 0 Å². The highest BCUT2D eigenvalue weighted by molar-refractivity contribution is 8.13. The first-order valence-corrected chi connectivity index (χ1v) is 7.92. The van der Waals surface area contributed by atoms with Crippen molar-refractivity contribution in [3.8, 4) is 0 Å². The third kappa shape index (κ3) is 2.79. The first-order chi connectivity index (χ1) is 8.31. The smallest absolute Gasteiger partial charge is 0.157 e. The highest BCUT2D eigenvalue weighted by atomic mass is 32.2. The molecule has 3 nitrogen and oxygen atoms in total. The van der Waals surface area contributed by atoms with E-state index in [9.17, 15) is 0 Å². The second-order valence-corrected chi connectivity index (χ2v) is 6.50. The Labute approximate surface area is 108 Å². The van der Waals surface area contributed by atoms with Crippen molar-refractivity contribution in [3.63, 3.8) is 0 Å². The summed E-state index contributed by atoms with van der Waals surface area (Å²) in [6.45, 7) is 2.17. The average molecular weight is 254 g/mol. The molecular weight excluding hydrogens is 232 g/mol. The third-order valence-corrected chi connectivity index (χ3v) is 5.08. The van der Waals surface area contributed by atoms with Gasteiger partial charge in [0.15, 0.2) is 5.17 Å². The monoisotopic (exact) mass is 254 g/mol. The van der Waals surface area contributed by atoms with Crippen LogP contribution in [0.5, 0.6) is 0 Å². The van der Waals surface area contributed by atoms with Gasteiger partial charge < -0.3 is 10.1 Å². The topological polar surface area (TPSA) is 33.6 Å². The molecule has 4 atom stereocenters. The van der Waals surface area contributed by atoms with Gasteiger partial charge in [-0.1, -0.05) is 24.6 Å². The number of nitrogens with one attached hydrogen (secondary N) is 1. The number of hydrogen-bond donors (Lipinski definition) is 1. The largest absolute Gasteiger partial charge is 0.374 e. The zero-order valence-corrected chi connectivity index (χ0v) is 11.3. The Kier molecular flexibility index (Phi) is 3.61. The summed E-state index contributed by atoms with van der Waals surface area (Å²) in [7, 11) is 0. The summed E-state index contributed by atoms with van der Waals surface area (Å²) >= 11 is 1.86. The van der Waals surface area contributed by atoms with E-state index in [2.05, 4.69) is 12.2 Å². The summed E-state index contributed by atoms with van der Waals surface area (Å²) < 4.78 is 5.84. The number of hydrogen-bond acceptors (Lipinski definition) is 4. The summed E-state index contributed by atoms with van der Waals surface area (Å²) in [5.74, 6) is 1.07. The molecular formula is C13H22N2OS. The van der Waals surface area contributed by atoms with E-state index in [4.69, 9.17) is 9.73 Å². The van der Waals surface area contributed by atoms with E-state index in [0.29, 0.717) is 24.3 Å². The predicted molar refractivity (Wildman–Crippen MR) is 72.6 cm³/mol.